The minimum Gasteiger partial charge on any atom is -0.394 e. The predicted octanol–water partition coefficient (Wildman–Crippen LogP) is 3.11. The molecule has 0 saturated carbocycles. The molecule has 1 heterocycles. The normalized spacial score (nSPS) is 12.4. The van der Waals surface area contributed by atoms with Crippen LogP contribution < -0.4 is 5.73 Å². The molecule has 2 aromatic rings. The van der Waals surface area contributed by atoms with Crippen molar-refractivity contribution in [3.8, 4) is 11.4 Å². The first kappa shape index (κ1) is 13.2. The van der Waals surface area contributed by atoms with Crippen LogP contribution in [0, 0.1) is 11.6 Å². The minimum absolute atomic E-state index is 0.0288. The lowest BCUT2D eigenvalue weighted by molar-refractivity contribution is 0.407. The van der Waals surface area contributed by atoms with Crippen molar-refractivity contribution in [2.75, 3.05) is 0 Å². The number of rotatable bonds is 3. The Bertz CT molecular complexity index is 635. The number of hydrogen-bond acceptors (Lipinski definition) is 4. The van der Waals surface area contributed by atoms with E-state index in [1.165, 1.54) is 0 Å². The molecule has 0 aliphatic heterocycles. The van der Waals surface area contributed by atoms with Crippen molar-refractivity contribution >= 4 is 5.70 Å². The first-order chi connectivity index (χ1) is 9.02. The Kier molecular flexibility index (Phi) is 3.59. The maximum atomic E-state index is 13.6. The Morgan fingerprint density at radius 1 is 1.37 bits per heavy atom. The van der Waals surface area contributed by atoms with Gasteiger partial charge in [-0.15, -0.1) is 0 Å². The molecule has 100 valence electrons. The van der Waals surface area contributed by atoms with Gasteiger partial charge in [0.1, 0.15) is 11.6 Å². The van der Waals surface area contributed by atoms with Crippen LogP contribution in [0.5, 0.6) is 0 Å². The first-order valence-electron chi connectivity index (χ1n) is 5.77. The second-order valence-corrected chi connectivity index (χ2v) is 4.09. The van der Waals surface area contributed by atoms with E-state index in [2.05, 4.69) is 10.1 Å². The molecule has 0 unspecified atom stereocenters. The Hall–Kier alpha value is -2.24. The van der Waals surface area contributed by atoms with Crippen molar-refractivity contribution in [3.05, 3.63) is 41.3 Å². The minimum atomic E-state index is -0.622. The summed E-state index contributed by atoms with van der Waals surface area (Å²) >= 11 is 0. The van der Waals surface area contributed by atoms with Gasteiger partial charge in [-0.05, 0) is 37.1 Å². The van der Waals surface area contributed by atoms with Gasteiger partial charge in [-0.1, -0.05) is 12.1 Å². The number of allylic oxidation sites excluding steroid dienone is 1. The summed E-state index contributed by atoms with van der Waals surface area (Å²) < 4.78 is 31.6. The highest BCUT2D eigenvalue weighted by Gasteiger charge is 2.15. The molecular formula is C13H13F2N3O. The number of halogens is 2. The number of nitrogens with zero attached hydrogens (tertiary/aromatic N) is 2. The van der Waals surface area contributed by atoms with Crippen LogP contribution >= 0.6 is 0 Å². The van der Waals surface area contributed by atoms with Crippen molar-refractivity contribution < 1.29 is 13.3 Å². The quantitative estimate of drug-likeness (QED) is 0.926. The Morgan fingerprint density at radius 2 is 2.11 bits per heavy atom. The summed E-state index contributed by atoms with van der Waals surface area (Å²) in [6.45, 7) is 3.77. The highest BCUT2D eigenvalue weighted by Crippen LogP contribution is 2.23. The van der Waals surface area contributed by atoms with E-state index in [1.807, 2.05) is 13.8 Å². The van der Waals surface area contributed by atoms with Gasteiger partial charge in [0, 0.05) is 0 Å². The number of aromatic nitrogens is 2. The van der Waals surface area contributed by atoms with E-state index in [0.29, 0.717) is 5.70 Å². The summed E-state index contributed by atoms with van der Waals surface area (Å²) in [4.78, 5) is 3.98. The standard InChI is InChI=1S/C13H13F2N3O/c1-3-7(2)11(16)13-17-12(18-19-13)9-6-8(14)4-5-10(9)15/h4-6H,3,16H2,1-2H3/b11-7+. The summed E-state index contributed by atoms with van der Waals surface area (Å²) in [6, 6.07) is 3.04. The maximum absolute atomic E-state index is 13.6. The molecule has 1 aromatic heterocycles. The third-order valence-electron chi connectivity index (χ3n) is 2.82. The molecule has 2 N–H and O–H groups in total. The monoisotopic (exact) mass is 265 g/mol. The van der Waals surface area contributed by atoms with Crippen LogP contribution in [0.3, 0.4) is 0 Å². The van der Waals surface area contributed by atoms with E-state index < -0.39 is 11.6 Å². The maximum Gasteiger partial charge on any atom is 0.274 e. The summed E-state index contributed by atoms with van der Waals surface area (Å²) in [5.74, 6) is -1.11. The molecule has 19 heavy (non-hydrogen) atoms. The zero-order valence-corrected chi connectivity index (χ0v) is 10.6. The summed E-state index contributed by atoms with van der Waals surface area (Å²) in [6.07, 6.45) is 0.734. The van der Waals surface area contributed by atoms with Gasteiger partial charge >= 0.3 is 0 Å². The lowest BCUT2D eigenvalue weighted by Gasteiger charge is -1.99. The highest BCUT2D eigenvalue weighted by atomic mass is 19.1. The highest BCUT2D eigenvalue weighted by molar-refractivity contribution is 5.62. The number of hydrogen-bond donors (Lipinski definition) is 1. The second kappa shape index (κ2) is 5.17. The van der Waals surface area contributed by atoms with E-state index in [9.17, 15) is 8.78 Å². The van der Waals surface area contributed by atoms with Crippen molar-refractivity contribution in [1.82, 2.24) is 10.1 Å². The van der Waals surface area contributed by atoms with Crippen LogP contribution in [0.4, 0.5) is 8.78 Å². The molecule has 0 amide bonds. The van der Waals surface area contributed by atoms with Gasteiger partial charge in [0.2, 0.25) is 5.82 Å². The van der Waals surface area contributed by atoms with Gasteiger partial charge in [-0.25, -0.2) is 8.78 Å². The van der Waals surface area contributed by atoms with Crippen molar-refractivity contribution in [1.29, 1.82) is 0 Å². The van der Waals surface area contributed by atoms with E-state index in [-0.39, 0.29) is 17.3 Å². The van der Waals surface area contributed by atoms with Crippen LogP contribution in [0.1, 0.15) is 26.2 Å². The van der Waals surface area contributed by atoms with Gasteiger partial charge < -0.3 is 10.3 Å². The molecule has 0 aliphatic carbocycles. The van der Waals surface area contributed by atoms with Crippen LogP contribution in [0.2, 0.25) is 0 Å². The molecule has 0 aliphatic rings. The van der Waals surface area contributed by atoms with Gasteiger partial charge in [-0.3, -0.25) is 0 Å². The van der Waals surface area contributed by atoms with E-state index in [4.69, 9.17) is 10.3 Å². The van der Waals surface area contributed by atoms with Crippen LogP contribution in [-0.4, -0.2) is 10.1 Å². The number of benzene rings is 1. The second-order valence-electron chi connectivity index (χ2n) is 4.09. The van der Waals surface area contributed by atoms with Gasteiger partial charge in [0.15, 0.2) is 0 Å². The molecule has 0 saturated heterocycles. The van der Waals surface area contributed by atoms with Crippen molar-refractivity contribution in [2.24, 2.45) is 5.73 Å². The van der Waals surface area contributed by atoms with Crippen LogP contribution in [0.25, 0.3) is 17.1 Å². The largest absolute Gasteiger partial charge is 0.394 e. The third kappa shape index (κ3) is 2.62. The third-order valence-corrected chi connectivity index (χ3v) is 2.82. The molecular weight excluding hydrogens is 252 g/mol. The Balaban J connectivity index is 2.44. The molecule has 0 spiro atoms. The van der Waals surface area contributed by atoms with Crippen LogP contribution in [0.15, 0.2) is 28.3 Å². The lowest BCUT2D eigenvalue weighted by Crippen LogP contribution is -2.00. The Morgan fingerprint density at radius 3 is 2.79 bits per heavy atom. The average molecular weight is 265 g/mol. The first-order valence-corrected chi connectivity index (χ1v) is 5.77. The predicted molar refractivity (Wildman–Crippen MR) is 66.7 cm³/mol. The van der Waals surface area contributed by atoms with Crippen molar-refractivity contribution in [3.63, 3.8) is 0 Å². The fraction of sp³-hybridized carbons (Fsp3) is 0.231. The zero-order valence-electron chi connectivity index (χ0n) is 10.6. The zero-order chi connectivity index (χ0) is 14.0. The molecule has 0 atom stereocenters. The smallest absolute Gasteiger partial charge is 0.274 e. The van der Waals surface area contributed by atoms with E-state index in [1.54, 1.807) is 0 Å². The summed E-state index contributed by atoms with van der Waals surface area (Å²) in [5, 5.41) is 3.62. The summed E-state index contributed by atoms with van der Waals surface area (Å²) in [7, 11) is 0. The van der Waals surface area contributed by atoms with E-state index >= 15 is 0 Å². The number of nitrogens with two attached hydrogens (primary N) is 1. The van der Waals surface area contributed by atoms with E-state index in [0.717, 1.165) is 30.2 Å². The van der Waals surface area contributed by atoms with Crippen LogP contribution in [-0.2, 0) is 0 Å². The molecule has 4 nitrogen and oxygen atoms in total. The molecule has 6 heteroatoms. The Labute approximate surface area is 108 Å². The van der Waals surface area contributed by atoms with Gasteiger partial charge in [0.25, 0.3) is 5.89 Å². The SMILES string of the molecule is CC/C(C)=C(/N)c1nc(-c2cc(F)ccc2F)no1. The fourth-order valence-corrected chi connectivity index (χ4v) is 1.48. The van der Waals surface area contributed by atoms with Gasteiger partial charge in [0.05, 0.1) is 11.3 Å². The topological polar surface area (TPSA) is 64.9 Å². The molecule has 0 radical (unpaired) electrons. The molecule has 0 fully saturated rings. The molecule has 2 rings (SSSR count). The van der Waals surface area contributed by atoms with Crippen molar-refractivity contribution in [2.45, 2.75) is 20.3 Å². The van der Waals surface area contributed by atoms with Gasteiger partial charge in [-0.2, -0.15) is 4.98 Å². The molecule has 1 aromatic carbocycles. The lowest BCUT2D eigenvalue weighted by atomic mass is 10.2. The molecule has 0 bridgehead atoms. The summed E-state index contributed by atoms with van der Waals surface area (Å²) in [5.41, 5.74) is 7.01. The fourth-order valence-electron chi connectivity index (χ4n) is 1.48. The average Bonchev–Trinajstić information content (AvgIpc) is 2.89.